The van der Waals surface area contributed by atoms with E-state index in [9.17, 15) is 18.4 Å². The Morgan fingerprint density at radius 2 is 2.00 bits per heavy atom. The molecule has 2 saturated heterocycles. The van der Waals surface area contributed by atoms with E-state index < -0.39 is 18.5 Å². The lowest BCUT2D eigenvalue weighted by atomic mass is 10.1. The molecule has 2 aliphatic heterocycles. The lowest BCUT2D eigenvalue weighted by molar-refractivity contribution is -0.135. The zero-order valence-corrected chi connectivity index (χ0v) is 14.7. The number of rotatable bonds is 4. The predicted octanol–water partition coefficient (Wildman–Crippen LogP) is 0.283. The summed E-state index contributed by atoms with van der Waals surface area (Å²) < 4.78 is 31.2. The Labute approximate surface area is 150 Å². The average Bonchev–Trinajstić information content (AvgIpc) is 3.12. The first-order valence-electron chi connectivity index (χ1n) is 8.64. The molecule has 0 spiro atoms. The average molecular weight is 371 g/mol. The van der Waals surface area contributed by atoms with Gasteiger partial charge in [-0.15, -0.1) is 0 Å². The molecular formula is C16H23F2N5O3. The van der Waals surface area contributed by atoms with Crippen LogP contribution in [-0.2, 0) is 9.53 Å². The van der Waals surface area contributed by atoms with E-state index in [1.807, 2.05) is 7.05 Å². The van der Waals surface area contributed by atoms with E-state index in [2.05, 4.69) is 10.00 Å². The molecule has 3 heterocycles. The van der Waals surface area contributed by atoms with Gasteiger partial charge in [0.2, 0.25) is 5.91 Å². The lowest BCUT2D eigenvalue weighted by Crippen LogP contribution is -2.53. The van der Waals surface area contributed by atoms with Gasteiger partial charge in [0.15, 0.2) is 5.69 Å². The van der Waals surface area contributed by atoms with Gasteiger partial charge in [-0.3, -0.25) is 9.59 Å². The molecule has 0 bridgehead atoms. The van der Waals surface area contributed by atoms with E-state index in [1.54, 1.807) is 4.90 Å². The molecule has 1 aromatic rings. The van der Waals surface area contributed by atoms with Gasteiger partial charge in [0.05, 0.1) is 19.3 Å². The number of ether oxygens (including phenoxy) is 1. The van der Waals surface area contributed by atoms with Gasteiger partial charge in [0.25, 0.3) is 5.91 Å². The first-order valence-corrected chi connectivity index (χ1v) is 8.64. The van der Waals surface area contributed by atoms with Crippen LogP contribution in [0.3, 0.4) is 0 Å². The van der Waals surface area contributed by atoms with Crippen LogP contribution >= 0.6 is 0 Å². The number of aromatic nitrogens is 2. The largest absolute Gasteiger partial charge is 0.377 e. The van der Waals surface area contributed by atoms with Crippen LogP contribution in [0.1, 0.15) is 23.5 Å². The zero-order valence-electron chi connectivity index (χ0n) is 14.7. The molecule has 0 unspecified atom stereocenters. The van der Waals surface area contributed by atoms with Crippen molar-refractivity contribution in [3.05, 3.63) is 18.0 Å². The van der Waals surface area contributed by atoms with Crippen molar-refractivity contribution in [3.8, 4) is 0 Å². The molecule has 2 fully saturated rings. The molecule has 2 amide bonds. The van der Waals surface area contributed by atoms with Crippen LogP contribution in [0, 0.1) is 0 Å². The third-order valence-corrected chi connectivity index (χ3v) is 4.78. The zero-order chi connectivity index (χ0) is 18.7. The molecule has 144 valence electrons. The third kappa shape index (κ3) is 4.18. The third-order valence-electron chi connectivity index (χ3n) is 4.78. The molecule has 0 saturated carbocycles. The number of alkyl halides is 2. The fourth-order valence-corrected chi connectivity index (χ4v) is 3.19. The molecule has 1 atom stereocenters. The van der Waals surface area contributed by atoms with E-state index in [0.29, 0.717) is 30.9 Å². The highest BCUT2D eigenvalue weighted by Crippen LogP contribution is 2.17. The maximum Gasteiger partial charge on any atom is 0.333 e. The van der Waals surface area contributed by atoms with Gasteiger partial charge in [0, 0.05) is 45.3 Å². The number of likely N-dealkylation sites (N-methyl/N-ethyl adjacent to an activating group) is 1. The Morgan fingerprint density at radius 1 is 1.27 bits per heavy atom. The number of halogens is 2. The first kappa shape index (κ1) is 18.7. The Bertz CT molecular complexity index is 646. The maximum absolute atomic E-state index is 12.7. The molecule has 10 heteroatoms. The van der Waals surface area contributed by atoms with Gasteiger partial charge in [-0.25, -0.2) is 4.68 Å². The Kier molecular flexibility index (Phi) is 5.82. The molecule has 0 aliphatic carbocycles. The maximum atomic E-state index is 12.7. The number of hydrogen-bond acceptors (Lipinski definition) is 5. The van der Waals surface area contributed by atoms with Crippen molar-refractivity contribution in [1.82, 2.24) is 24.5 Å². The second kappa shape index (κ2) is 8.09. The van der Waals surface area contributed by atoms with Crippen LogP contribution in [0.2, 0.25) is 0 Å². The van der Waals surface area contributed by atoms with Gasteiger partial charge in [-0.2, -0.15) is 13.9 Å². The summed E-state index contributed by atoms with van der Waals surface area (Å²) in [6, 6.07) is 0.851. The summed E-state index contributed by atoms with van der Waals surface area (Å²) >= 11 is 0. The fraction of sp³-hybridized carbons (Fsp3) is 0.688. The quantitative estimate of drug-likeness (QED) is 0.761. The summed E-state index contributed by atoms with van der Waals surface area (Å²) in [5, 5.41) is 3.63. The van der Waals surface area contributed by atoms with Crippen molar-refractivity contribution in [2.75, 3.05) is 53.0 Å². The lowest BCUT2D eigenvalue weighted by Gasteiger charge is -2.37. The molecule has 3 rings (SSSR count). The highest BCUT2D eigenvalue weighted by molar-refractivity contribution is 5.93. The van der Waals surface area contributed by atoms with Gasteiger partial charge >= 0.3 is 6.55 Å². The first-order chi connectivity index (χ1) is 12.5. The molecule has 0 radical (unpaired) electrons. The normalized spacial score (nSPS) is 22.1. The number of amides is 2. The Balaban J connectivity index is 1.65. The van der Waals surface area contributed by atoms with Crippen LogP contribution in [0.4, 0.5) is 8.78 Å². The van der Waals surface area contributed by atoms with E-state index in [0.717, 1.165) is 19.3 Å². The van der Waals surface area contributed by atoms with Crippen LogP contribution in [0.5, 0.6) is 0 Å². The predicted molar refractivity (Wildman–Crippen MR) is 87.8 cm³/mol. The molecule has 0 aromatic carbocycles. The minimum atomic E-state index is -2.80. The summed E-state index contributed by atoms with van der Waals surface area (Å²) in [6.07, 6.45) is 1.23. The highest BCUT2D eigenvalue weighted by Gasteiger charge is 2.32. The smallest absolute Gasteiger partial charge is 0.333 e. The van der Waals surface area contributed by atoms with E-state index in [-0.39, 0.29) is 24.6 Å². The Hall–Kier alpha value is -2.07. The summed E-state index contributed by atoms with van der Waals surface area (Å²) in [5.74, 6) is -0.478. The number of hydrogen-bond donors (Lipinski definition) is 0. The second-order valence-electron chi connectivity index (χ2n) is 6.57. The molecule has 2 aliphatic rings. The second-order valence-corrected chi connectivity index (χ2v) is 6.57. The Morgan fingerprint density at radius 3 is 2.65 bits per heavy atom. The molecular weight excluding hydrogens is 348 g/mol. The minimum absolute atomic E-state index is 0.0236. The number of piperazine rings is 1. The monoisotopic (exact) mass is 371 g/mol. The number of carbonyl (C=O) groups excluding carboxylic acids is 2. The number of morpholine rings is 1. The van der Waals surface area contributed by atoms with E-state index >= 15 is 0 Å². The number of nitrogens with zero attached hydrogens (tertiary/aromatic N) is 5. The van der Waals surface area contributed by atoms with Gasteiger partial charge < -0.3 is 19.4 Å². The summed E-state index contributed by atoms with van der Waals surface area (Å²) in [5.41, 5.74) is -0.0516. The van der Waals surface area contributed by atoms with Crippen molar-refractivity contribution in [1.29, 1.82) is 0 Å². The SMILES string of the molecule is CN1CCN(C(=O)C[C@H]2COCCN2C(=O)c2ccn(C(F)F)n2)CC1. The summed E-state index contributed by atoms with van der Waals surface area (Å²) in [7, 11) is 2.01. The van der Waals surface area contributed by atoms with Crippen molar-refractivity contribution in [2.24, 2.45) is 0 Å². The van der Waals surface area contributed by atoms with Crippen LogP contribution in [0.15, 0.2) is 12.3 Å². The van der Waals surface area contributed by atoms with Crippen LogP contribution in [0.25, 0.3) is 0 Å². The highest BCUT2D eigenvalue weighted by atomic mass is 19.3. The van der Waals surface area contributed by atoms with Crippen LogP contribution in [-0.4, -0.2) is 95.3 Å². The van der Waals surface area contributed by atoms with E-state index in [1.165, 1.54) is 11.0 Å². The fourth-order valence-electron chi connectivity index (χ4n) is 3.19. The van der Waals surface area contributed by atoms with E-state index in [4.69, 9.17) is 4.74 Å². The minimum Gasteiger partial charge on any atom is -0.377 e. The standard InChI is InChI=1S/C16H23F2N5O3/c1-20-4-6-21(7-5-20)14(24)10-12-11-26-9-8-22(12)15(25)13-2-3-23(19-13)16(17)18/h2-3,12,16H,4-11H2,1H3/t12-/m0/s1. The molecule has 1 aromatic heterocycles. The van der Waals surface area contributed by atoms with Gasteiger partial charge in [0.1, 0.15) is 0 Å². The van der Waals surface area contributed by atoms with Crippen molar-refractivity contribution in [3.63, 3.8) is 0 Å². The van der Waals surface area contributed by atoms with Crippen molar-refractivity contribution < 1.29 is 23.1 Å². The van der Waals surface area contributed by atoms with Crippen molar-refractivity contribution in [2.45, 2.75) is 19.0 Å². The van der Waals surface area contributed by atoms with Crippen molar-refractivity contribution >= 4 is 11.8 Å². The number of carbonyl (C=O) groups is 2. The topological polar surface area (TPSA) is 70.9 Å². The molecule has 8 nitrogen and oxygen atoms in total. The summed E-state index contributed by atoms with van der Waals surface area (Å²) in [6.45, 7) is 1.07. The van der Waals surface area contributed by atoms with Gasteiger partial charge in [-0.05, 0) is 13.1 Å². The summed E-state index contributed by atoms with van der Waals surface area (Å²) in [4.78, 5) is 30.7. The molecule has 0 N–H and O–H groups in total. The van der Waals surface area contributed by atoms with Gasteiger partial charge in [-0.1, -0.05) is 0 Å². The van der Waals surface area contributed by atoms with Crippen LogP contribution < -0.4 is 0 Å². The molecule has 26 heavy (non-hydrogen) atoms.